The molecule has 1 saturated heterocycles. The van der Waals surface area contributed by atoms with Crippen molar-refractivity contribution in [3.63, 3.8) is 0 Å². The number of amides is 1. The second-order valence-electron chi connectivity index (χ2n) is 9.87. The smallest absolute Gasteiger partial charge is 0.253 e. The van der Waals surface area contributed by atoms with Gasteiger partial charge in [0.1, 0.15) is 5.82 Å². The van der Waals surface area contributed by atoms with Crippen LogP contribution in [0.3, 0.4) is 0 Å². The monoisotopic (exact) mass is 472 g/mol. The number of carbonyl (C=O) groups excluding carboxylic acids is 1. The lowest BCUT2D eigenvalue weighted by Gasteiger charge is -2.39. The van der Waals surface area contributed by atoms with E-state index in [4.69, 9.17) is 4.74 Å². The van der Waals surface area contributed by atoms with Crippen molar-refractivity contribution in [3.05, 3.63) is 107 Å². The van der Waals surface area contributed by atoms with Gasteiger partial charge in [0.25, 0.3) is 5.91 Å². The molecular weight excluding hydrogens is 439 g/mol. The molecule has 0 N–H and O–H groups in total. The summed E-state index contributed by atoms with van der Waals surface area (Å²) in [5, 5.41) is 0. The van der Waals surface area contributed by atoms with Crippen LogP contribution in [0.15, 0.2) is 78.9 Å². The number of hydrogen-bond acceptors (Lipinski definition) is 3. The Labute approximate surface area is 207 Å². The largest absolute Gasteiger partial charge is 0.365 e. The van der Waals surface area contributed by atoms with Crippen LogP contribution in [0.1, 0.15) is 52.2 Å². The van der Waals surface area contributed by atoms with Crippen molar-refractivity contribution >= 4 is 5.91 Å². The molecule has 35 heavy (non-hydrogen) atoms. The number of fused-ring (bicyclic) bond motifs is 2. The predicted molar refractivity (Wildman–Crippen MR) is 136 cm³/mol. The molecule has 0 bridgehead atoms. The van der Waals surface area contributed by atoms with Crippen LogP contribution in [-0.2, 0) is 16.9 Å². The number of carbonyl (C=O) groups is 1. The van der Waals surface area contributed by atoms with Gasteiger partial charge in [-0.3, -0.25) is 4.79 Å². The van der Waals surface area contributed by atoms with Crippen LogP contribution in [0.2, 0.25) is 0 Å². The molecule has 0 aliphatic carbocycles. The molecule has 0 saturated carbocycles. The third-order valence-corrected chi connectivity index (χ3v) is 7.67. The van der Waals surface area contributed by atoms with Gasteiger partial charge >= 0.3 is 0 Å². The van der Waals surface area contributed by atoms with Crippen LogP contribution in [0, 0.1) is 5.82 Å². The first-order chi connectivity index (χ1) is 17.0. The summed E-state index contributed by atoms with van der Waals surface area (Å²) in [6, 6.07) is 24.7. The Morgan fingerprint density at radius 2 is 1.69 bits per heavy atom. The molecule has 2 heterocycles. The summed E-state index contributed by atoms with van der Waals surface area (Å²) in [5.74, 6) is -0.0957. The summed E-state index contributed by atoms with van der Waals surface area (Å²) in [6.07, 6.45) is 2.90. The van der Waals surface area contributed by atoms with Crippen molar-refractivity contribution in [1.82, 2.24) is 9.80 Å². The molecule has 1 unspecified atom stereocenters. The minimum absolute atomic E-state index is 0.00896. The minimum atomic E-state index is -0.237. The lowest BCUT2D eigenvalue weighted by atomic mass is 9.83. The number of likely N-dealkylation sites (N-methyl/N-ethyl adjacent to an activating group) is 1. The fourth-order valence-corrected chi connectivity index (χ4v) is 5.59. The Morgan fingerprint density at radius 3 is 2.43 bits per heavy atom. The molecule has 182 valence electrons. The molecule has 3 aromatic carbocycles. The molecule has 5 heteroatoms. The first-order valence-electron chi connectivity index (χ1n) is 12.5. The van der Waals surface area contributed by atoms with Gasteiger partial charge in [-0.25, -0.2) is 4.39 Å². The zero-order valence-electron chi connectivity index (χ0n) is 20.3. The van der Waals surface area contributed by atoms with Crippen molar-refractivity contribution in [1.29, 1.82) is 0 Å². The number of ether oxygens (including phenoxy) is 1. The lowest BCUT2D eigenvalue weighted by molar-refractivity contribution is -0.0790. The van der Waals surface area contributed by atoms with Gasteiger partial charge in [-0.1, -0.05) is 54.6 Å². The second kappa shape index (κ2) is 10.3. The molecule has 1 fully saturated rings. The van der Waals surface area contributed by atoms with E-state index in [2.05, 4.69) is 29.2 Å². The zero-order chi connectivity index (χ0) is 24.3. The Balaban J connectivity index is 1.23. The quantitative estimate of drug-likeness (QED) is 0.449. The summed E-state index contributed by atoms with van der Waals surface area (Å²) in [4.78, 5) is 17.3. The standard InChI is InChI=1S/C30H33FN2O2/c1-32(29(34)24-7-3-2-4-8-24)21-25(23-11-13-27(31)14-12-23)15-18-33-19-16-30(17-20-33)28-10-6-5-9-26(28)22-35-30/h2-14,25H,15-22H2,1H3. The number of benzene rings is 3. The van der Waals surface area contributed by atoms with E-state index in [-0.39, 0.29) is 23.2 Å². The summed E-state index contributed by atoms with van der Waals surface area (Å²) in [6.45, 7) is 4.22. The van der Waals surface area contributed by atoms with Crippen molar-refractivity contribution in [3.8, 4) is 0 Å². The number of piperidine rings is 1. The van der Waals surface area contributed by atoms with Gasteiger partial charge in [0.2, 0.25) is 0 Å². The second-order valence-corrected chi connectivity index (χ2v) is 9.87. The maximum absolute atomic E-state index is 13.6. The van der Waals surface area contributed by atoms with E-state index in [0.717, 1.165) is 44.5 Å². The van der Waals surface area contributed by atoms with Gasteiger partial charge in [0.05, 0.1) is 12.2 Å². The molecule has 3 aromatic rings. The highest BCUT2D eigenvalue weighted by molar-refractivity contribution is 5.94. The average molecular weight is 473 g/mol. The molecule has 5 rings (SSSR count). The van der Waals surface area contributed by atoms with Crippen LogP contribution in [0.4, 0.5) is 4.39 Å². The zero-order valence-corrected chi connectivity index (χ0v) is 20.3. The predicted octanol–water partition coefficient (Wildman–Crippen LogP) is 5.59. The average Bonchev–Trinajstić information content (AvgIpc) is 3.26. The molecule has 1 spiro atoms. The van der Waals surface area contributed by atoms with Gasteiger partial charge in [-0.15, -0.1) is 0 Å². The number of likely N-dealkylation sites (tertiary alicyclic amines) is 1. The highest BCUT2D eigenvalue weighted by Gasteiger charge is 2.42. The Hall–Kier alpha value is -3.02. The topological polar surface area (TPSA) is 32.8 Å². The molecule has 4 nitrogen and oxygen atoms in total. The minimum Gasteiger partial charge on any atom is -0.365 e. The fraction of sp³-hybridized carbons (Fsp3) is 0.367. The maximum Gasteiger partial charge on any atom is 0.253 e. The van der Waals surface area contributed by atoms with Crippen LogP contribution in [0.25, 0.3) is 0 Å². The molecule has 1 atom stereocenters. The number of hydrogen-bond donors (Lipinski definition) is 0. The number of rotatable bonds is 7. The highest BCUT2D eigenvalue weighted by atomic mass is 19.1. The molecule has 2 aliphatic heterocycles. The lowest BCUT2D eigenvalue weighted by Crippen LogP contribution is -2.43. The van der Waals surface area contributed by atoms with Crippen LogP contribution >= 0.6 is 0 Å². The van der Waals surface area contributed by atoms with Crippen LogP contribution in [0.5, 0.6) is 0 Å². The third kappa shape index (κ3) is 5.16. The molecule has 2 aliphatic rings. The van der Waals surface area contributed by atoms with Gasteiger partial charge in [-0.05, 0) is 66.8 Å². The highest BCUT2D eigenvalue weighted by Crippen LogP contribution is 2.44. The summed E-state index contributed by atoms with van der Waals surface area (Å²) in [5.41, 5.74) is 4.31. The Bertz CT molecular complexity index is 1140. The third-order valence-electron chi connectivity index (χ3n) is 7.67. The summed E-state index contributed by atoms with van der Waals surface area (Å²) >= 11 is 0. The summed E-state index contributed by atoms with van der Waals surface area (Å²) in [7, 11) is 1.85. The van der Waals surface area contributed by atoms with E-state index < -0.39 is 0 Å². The van der Waals surface area contributed by atoms with E-state index in [1.54, 1.807) is 4.90 Å². The molecule has 1 amide bonds. The van der Waals surface area contributed by atoms with E-state index in [9.17, 15) is 9.18 Å². The van der Waals surface area contributed by atoms with Gasteiger partial charge in [0.15, 0.2) is 0 Å². The van der Waals surface area contributed by atoms with Crippen LogP contribution in [-0.4, -0.2) is 48.9 Å². The SMILES string of the molecule is CN(CC(CCN1CCC2(CC1)OCc1ccccc12)c1ccc(F)cc1)C(=O)c1ccccc1. The summed E-state index contributed by atoms with van der Waals surface area (Å²) < 4.78 is 19.9. The number of halogens is 1. The first kappa shape index (κ1) is 23.7. The van der Waals surface area contributed by atoms with E-state index in [0.29, 0.717) is 18.7 Å². The molecule has 0 radical (unpaired) electrons. The van der Waals surface area contributed by atoms with E-state index >= 15 is 0 Å². The van der Waals surface area contributed by atoms with Gasteiger partial charge < -0.3 is 14.5 Å². The normalized spacial score (nSPS) is 17.8. The fourth-order valence-electron chi connectivity index (χ4n) is 5.59. The molecule has 0 aromatic heterocycles. The first-order valence-corrected chi connectivity index (χ1v) is 12.5. The van der Waals surface area contributed by atoms with Crippen molar-refractivity contribution < 1.29 is 13.9 Å². The Kier molecular flexibility index (Phi) is 6.98. The Morgan fingerprint density at radius 1 is 1.00 bits per heavy atom. The van der Waals surface area contributed by atoms with Crippen molar-refractivity contribution in [2.45, 2.75) is 37.4 Å². The number of nitrogens with zero attached hydrogens (tertiary/aromatic N) is 2. The van der Waals surface area contributed by atoms with E-state index in [1.807, 2.05) is 49.5 Å². The van der Waals surface area contributed by atoms with Gasteiger partial charge in [0, 0.05) is 38.2 Å². The van der Waals surface area contributed by atoms with E-state index in [1.165, 1.54) is 23.3 Å². The van der Waals surface area contributed by atoms with Gasteiger partial charge in [-0.2, -0.15) is 0 Å². The maximum atomic E-state index is 13.6. The van der Waals surface area contributed by atoms with Crippen molar-refractivity contribution in [2.24, 2.45) is 0 Å². The molecular formula is C30H33FN2O2. The van der Waals surface area contributed by atoms with Crippen molar-refractivity contribution in [2.75, 3.05) is 33.2 Å². The van der Waals surface area contributed by atoms with Crippen LogP contribution < -0.4 is 0 Å².